The molecule has 0 bridgehead atoms. The van der Waals surface area contributed by atoms with Crippen LogP contribution in [0.25, 0.3) is 0 Å². The van der Waals surface area contributed by atoms with E-state index in [2.05, 4.69) is 0 Å². The maximum atomic E-state index is 13.2. The van der Waals surface area contributed by atoms with E-state index >= 15 is 0 Å². The van der Waals surface area contributed by atoms with Gasteiger partial charge in [0.25, 0.3) is 0 Å². The van der Waals surface area contributed by atoms with Crippen molar-refractivity contribution >= 4 is 23.5 Å². The fraction of sp³-hybridized carbons (Fsp3) is 0.304. The van der Waals surface area contributed by atoms with E-state index in [1.807, 2.05) is 6.92 Å². The third kappa shape index (κ3) is 5.38. The molecule has 0 aliphatic carbocycles. The molecule has 2 aromatic rings. The van der Waals surface area contributed by atoms with Crippen molar-refractivity contribution in [2.24, 2.45) is 5.92 Å². The van der Waals surface area contributed by atoms with Gasteiger partial charge in [0.1, 0.15) is 0 Å². The Morgan fingerprint density at radius 2 is 1.31 bits per heavy atom. The molecule has 0 saturated heterocycles. The Morgan fingerprint density at radius 1 is 0.793 bits per heavy atom. The molecule has 152 valence electrons. The molecule has 6 heteroatoms. The highest BCUT2D eigenvalue weighted by atomic mass is 16.6. The molecule has 1 unspecified atom stereocenters. The maximum absolute atomic E-state index is 13.2. The second kappa shape index (κ2) is 10.3. The predicted molar refractivity (Wildman–Crippen MR) is 106 cm³/mol. The first-order valence-electron chi connectivity index (χ1n) is 9.44. The van der Waals surface area contributed by atoms with Gasteiger partial charge in [-0.3, -0.25) is 19.2 Å². The Labute approximate surface area is 169 Å². The minimum atomic E-state index is -1.57. The summed E-state index contributed by atoms with van der Waals surface area (Å²) in [6.45, 7) is 5.10. The van der Waals surface area contributed by atoms with Crippen LogP contribution in [0.1, 0.15) is 41.3 Å². The predicted octanol–water partition coefficient (Wildman–Crippen LogP) is 3.27. The van der Waals surface area contributed by atoms with Crippen molar-refractivity contribution in [1.82, 2.24) is 0 Å². The summed E-state index contributed by atoms with van der Waals surface area (Å²) in [4.78, 5) is 51.3. The van der Waals surface area contributed by atoms with E-state index in [9.17, 15) is 19.2 Å². The third-order valence-electron chi connectivity index (χ3n) is 4.39. The summed E-state index contributed by atoms with van der Waals surface area (Å²) in [5.74, 6) is -6.36. The number of carbonyl (C=O) groups is 4. The molecule has 0 radical (unpaired) electrons. The van der Waals surface area contributed by atoms with Gasteiger partial charge in [0.05, 0.1) is 19.1 Å². The normalized spacial score (nSPS) is 11.6. The van der Waals surface area contributed by atoms with E-state index in [1.165, 1.54) is 12.1 Å². The van der Waals surface area contributed by atoms with Gasteiger partial charge in [-0.25, -0.2) is 0 Å². The summed E-state index contributed by atoms with van der Waals surface area (Å²) in [6, 6.07) is 14.8. The Kier molecular flexibility index (Phi) is 7.83. The Bertz CT molecular complexity index is 852. The summed E-state index contributed by atoms with van der Waals surface area (Å²) in [7, 11) is 0. The van der Waals surface area contributed by atoms with Crippen LogP contribution < -0.4 is 0 Å². The zero-order valence-electron chi connectivity index (χ0n) is 16.7. The summed E-state index contributed by atoms with van der Waals surface area (Å²) >= 11 is 0. The van der Waals surface area contributed by atoms with Crippen molar-refractivity contribution in [2.45, 2.75) is 26.7 Å². The first-order chi connectivity index (χ1) is 13.9. The molecule has 0 spiro atoms. The van der Waals surface area contributed by atoms with Crippen LogP contribution in [0, 0.1) is 12.8 Å². The van der Waals surface area contributed by atoms with Crippen LogP contribution in [0.4, 0.5) is 0 Å². The number of esters is 2. The number of aryl methyl sites for hydroxylation is 1. The summed E-state index contributed by atoms with van der Waals surface area (Å²) < 4.78 is 10.1. The fourth-order valence-corrected chi connectivity index (χ4v) is 2.97. The number of carbonyl (C=O) groups excluding carboxylic acids is 4. The molecular formula is C23H24O6. The van der Waals surface area contributed by atoms with Crippen molar-refractivity contribution in [3.8, 4) is 0 Å². The second-order valence-electron chi connectivity index (χ2n) is 6.43. The molecule has 0 heterocycles. The molecular weight excluding hydrogens is 372 g/mol. The van der Waals surface area contributed by atoms with Crippen LogP contribution >= 0.6 is 0 Å². The Morgan fingerprint density at radius 3 is 1.79 bits per heavy atom. The lowest BCUT2D eigenvalue weighted by atomic mass is 9.80. The van der Waals surface area contributed by atoms with E-state index in [4.69, 9.17) is 9.47 Å². The minimum absolute atomic E-state index is 0.0240. The highest BCUT2D eigenvalue weighted by molar-refractivity contribution is 6.46. The van der Waals surface area contributed by atoms with Crippen molar-refractivity contribution in [3.63, 3.8) is 0 Å². The van der Waals surface area contributed by atoms with E-state index in [0.717, 1.165) is 5.56 Å². The third-order valence-corrected chi connectivity index (χ3v) is 4.39. The van der Waals surface area contributed by atoms with Gasteiger partial charge in [-0.1, -0.05) is 60.2 Å². The van der Waals surface area contributed by atoms with Crippen LogP contribution in [0.15, 0.2) is 54.6 Å². The number of hydrogen-bond donors (Lipinski definition) is 0. The molecule has 2 aromatic carbocycles. The van der Waals surface area contributed by atoms with Crippen LogP contribution in [0.3, 0.4) is 0 Å². The summed E-state index contributed by atoms with van der Waals surface area (Å²) in [5, 5.41) is 0. The number of hydrogen-bond acceptors (Lipinski definition) is 6. The number of benzene rings is 2. The van der Waals surface area contributed by atoms with Gasteiger partial charge in [0.2, 0.25) is 11.6 Å². The van der Waals surface area contributed by atoms with E-state index in [1.54, 1.807) is 56.3 Å². The fourth-order valence-electron chi connectivity index (χ4n) is 2.97. The van der Waals surface area contributed by atoms with Gasteiger partial charge < -0.3 is 9.47 Å². The molecule has 0 aliphatic heterocycles. The largest absolute Gasteiger partial charge is 0.465 e. The van der Waals surface area contributed by atoms with E-state index in [0.29, 0.717) is 5.56 Å². The SMILES string of the molecule is CCOC(=O)C(C(=O)OCC)C(C(=O)C(=O)c1ccccc1)c1ccc(C)cc1. The van der Waals surface area contributed by atoms with Crippen LogP contribution in [-0.4, -0.2) is 36.7 Å². The van der Waals surface area contributed by atoms with E-state index < -0.39 is 35.3 Å². The summed E-state index contributed by atoms with van der Waals surface area (Å²) in [5.41, 5.74) is 1.48. The second-order valence-corrected chi connectivity index (χ2v) is 6.43. The highest BCUT2D eigenvalue weighted by Crippen LogP contribution is 2.30. The maximum Gasteiger partial charge on any atom is 0.321 e. The molecule has 0 saturated carbocycles. The number of Topliss-reactive ketones (excluding diaryl/α,β-unsaturated/α-hetero) is 2. The van der Waals surface area contributed by atoms with Crippen LogP contribution in [0.5, 0.6) is 0 Å². The van der Waals surface area contributed by atoms with Crippen LogP contribution in [0.2, 0.25) is 0 Å². The van der Waals surface area contributed by atoms with Crippen LogP contribution in [-0.2, 0) is 23.9 Å². The molecule has 0 fully saturated rings. The van der Waals surface area contributed by atoms with Crippen molar-refractivity contribution in [2.75, 3.05) is 13.2 Å². The number of rotatable bonds is 9. The first-order valence-corrected chi connectivity index (χ1v) is 9.44. The number of ether oxygens (including phenoxy) is 2. The van der Waals surface area contributed by atoms with Gasteiger partial charge in [-0.05, 0) is 26.3 Å². The van der Waals surface area contributed by atoms with Gasteiger partial charge in [0, 0.05) is 5.56 Å². The van der Waals surface area contributed by atoms with E-state index in [-0.39, 0.29) is 18.8 Å². The molecule has 0 aliphatic rings. The van der Waals surface area contributed by atoms with Gasteiger partial charge >= 0.3 is 11.9 Å². The van der Waals surface area contributed by atoms with Gasteiger partial charge in [0.15, 0.2) is 5.92 Å². The minimum Gasteiger partial charge on any atom is -0.465 e. The first kappa shape index (κ1) is 22.0. The topological polar surface area (TPSA) is 86.7 Å². The average Bonchev–Trinajstić information content (AvgIpc) is 2.72. The van der Waals surface area contributed by atoms with Gasteiger partial charge in [-0.15, -0.1) is 0 Å². The van der Waals surface area contributed by atoms with Gasteiger partial charge in [-0.2, -0.15) is 0 Å². The smallest absolute Gasteiger partial charge is 0.321 e. The average molecular weight is 396 g/mol. The lowest BCUT2D eigenvalue weighted by Crippen LogP contribution is -2.39. The zero-order valence-corrected chi connectivity index (χ0v) is 16.7. The molecule has 29 heavy (non-hydrogen) atoms. The summed E-state index contributed by atoms with van der Waals surface area (Å²) in [6.07, 6.45) is 0. The molecule has 2 rings (SSSR count). The molecule has 0 aromatic heterocycles. The molecule has 6 nitrogen and oxygen atoms in total. The number of ketones is 2. The molecule has 0 amide bonds. The molecule has 1 atom stereocenters. The Hall–Kier alpha value is -3.28. The van der Waals surface area contributed by atoms with Crippen molar-refractivity contribution < 1.29 is 28.7 Å². The quantitative estimate of drug-likeness (QED) is 0.280. The Balaban J connectivity index is 2.56. The molecule has 0 N–H and O–H groups in total. The lowest BCUT2D eigenvalue weighted by molar-refractivity contribution is -0.163. The monoisotopic (exact) mass is 396 g/mol. The highest BCUT2D eigenvalue weighted by Gasteiger charge is 2.44. The zero-order chi connectivity index (χ0) is 21.4. The standard InChI is InChI=1S/C23H24O6/c1-4-28-22(26)19(23(27)29-5-2)18(16-13-11-15(3)12-14-16)21(25)20(24)17-9-7-6-8-10-17/h6-14,18-19H,4-5H2,1-3H3. The van der Waals surface area contributed by atoms with Crippen molar-refractivity contribution in [3.05, 3.63) is 71.3 Å². The lowest BCUT2D eigenvalue weighted by Gasteiger charge is -2.23. The van der Waals surface area contributed by atoms with Crippen molar-refractivity contribution in [1.29, 1.82) is 0 Å².